The molecule has 7 heteroatoms. The Balaban J connectivity index is 2.21. The van der Waals surface area contributed by atoms with Crippen LogP contribution in [0.2, 0.25) is 0 Å². The van der Waals surface area contributed by atoms with Crippen LogP contribution in [0.3, 0.4) is 0 Å². The standard InChI is InChI=1S/C22H26BrNO5/c1-5-9-29-22(26)19-12(2)24-15-7-6-8-16(25)21(15)20(19)13-10-17(27-3)18(28-4)11-14(13)23/h10-11,20,24H,5-9H2,1-4H3. The van der Waals surface area contributed by atoms with E-state index in [0.717, 1.165) is 35.0 Å². The van der Waals surface area contributed by atoms with Crippen molar-refractivity contribution in [2.45, 2.75) is 45.4 Å². The molecule has 1 aliphatic carbocycles. The third-order valence-electron chi connectivity index (χ3n) is 5.25. The Kier molecular flexibility index (Phi) is 6.67. The number of benzene rings is 1. The van der Waals surface area contributed by atoms with Crippen molar-refractivity contribution >= 4 is 27.7 Å². The number of methoxy groups -OCH3 is 2. The van der Waals surface area contributed by atoms with Crippen molar-refractivity contribution in [1.82, 2.24) is 5.32 Å². The summed E-state index contributed by atoms with van der Waals surface area (Å²) in [5.74, 6) is 0.218. The van der Waals surface area contributed by atoms with Crippen molar-refractivity contribution < 1.29 is 23.8 Å². The maximum absolute atomic E-state index is 13.0. The number of ketones is 1. The number of hydrogen-bond donors (Lipinski definition) is 1. The Morgan fingerprint density at radius 3 is 2.55 bits per heavy atom. The average molecular weight is 464 g/mol. The molecule has 0 spiro atoms. The number of ether oxygens (including phenoxy) is 3. The van der Waals surface area contributed by atoms with E-state index in [2.05, 4.69) is 21.2 Å². The number of rotatable bonds is 6. The second-order valence-electron chi connectivity index (χ2n) is 7.13. The molecule has 1 aromatic carbocycles. The summed E-state index contributed by atoms with van der Waals surface area (Å²) in [5, 5.41) is 3.29. The molecule has 156 valence electrons. The Bertz CT molecular complexity index is 903. The molecule has 0 radical (unpaired) electrons. The molecule has 0 aromatic heterocycles. The molecule has 0 fully saturated rings. The maximum atomic E-state index is 13.0. The fourth-order valence-corrected chi connectivity index (χ4v) is 4.48. The van der Waals surface area contributed by atoms with Gasteiger partial charge in [0.1, 0.15) is 0 Å². The molecule has 1 aliphatic heterocycles. The number of halogens is 1. The molecule has 1 unspecified atom stereocenters. The Hall–Kier alpha value is -2.28. The summed E-state index contributed by atoms with van der Waals surface area (Å²) < 4.78 is 17.1. The number of dihydropyridines is 1. The van der Waals surface area contributed by atoms with Gasteiger partial charge in [0.2, 0.25) is 0 Å². The van der Waals surface area contributed by atoms with Crippen molar-refractivity contribution in [3.63, 3.8) is 0 Å². The molecule has 1 atom stereocenters. The lowest BCUT2D eigenvalue weighted by atomic mass is 9.75. The summed E-state index contributed by atoms with van der Waals surface area (Å²) in [4.78, 5) is 25.9. The highest BCUT2D eigenvalue weighted by Gasteiger charge is 2.40. The highest BCUT2D eigenvalue weighted by Crippen LogP contribution is 2.47. The van der Waals surface area contributed by atoms with Gasteiger partial charge in [-0.25, -0.2) is 4.79 Å². The Labute approximate surface area is 179 Å². The number of esters is 1. The zero-order valence-electron chi connectivity index (χ0n) is 17.2. The van der Waals surface area contributed by atoms with Gasteiger partial charge in [-0.2, -0.15) is 0 Å². The van der Waals surface area contributed by atoms with Gasteiger partial charge < -0.3 is 19.5 Å². The predicted molar refractivity (Wildman–Crippen MR) is 113 cm³/mol. The molecule has 1 heterocycles. The summed E-state index contributed by atoms with van der Waals surface area (Å²) in [5.41, 5.74) is 3.47. The van der Waals surface area contributed by atoms with Crippen LogP contribution in [0.5, 0.6) is 11.5 Å². The third kappa shape index (κ3) is 4.06. The van der Waals surface area contributed by atoms with Crippen LogP contribution in [0.25, 0.3) is 0 Å². The molecule has 0 amide bonds. The molecule has 1 aromatic rings. The number of carbonyl (C=O) groups excluding carboxylic acids is 2. The lowest BCUT2D eigenvalue weighted by Gasteiger charge is -2.34. The minimum atomic E-state index is -0.530. The van der Waals surface area contributed by atoms with Gasteiger partial charge in [-0.05, 0) is 43.9 Å². The minimum Gasteiger partial charge on any atom is -0.493 e. The van der Waals surface area contributed by atoms with Crippen LogP contribution in [0.4, 0.5) is 0 Å². The first-order valence-corrected chi connectivity index (χ1v) is 10.5. The molecule has 0 saturated carbocycles. The number of nitrogens with one attached hydrogen (secondary N) is 1. The Morgan fingerprint density at radius 2 is 1.90 bits per heavy atom. The molecule has 29 heavy (non-hydrogen) atoms. The topological polar surface area (TPSA) is 73.9 Å². The van der Waals surface area contributed by atoms with E-state index in [1.165, 1.54) is 0 Å². The van der Waals surface area contributed by atoms with Crippen LogP contribution < -0.4 is 14.8 Å². The van der Waals surface area contributed by atoms with Gasteiger partial charge >= 0.3 is 5.97 Å². The van der Waals surface area contributed by atoms with Crippen LogP contribution in [-0.2, 0) is 14.3 Å². The molecule has 2 aliphatic rings. The summed E-state index contributed by atoms with van der Waals surface area (Å²) in [6, 6.07) is 3.62. The van der Waals surface area contributed by atoms with E-state index >= 15 is 0 Å². The first-order valence-electron chi connectivity index (χ1n) is 9.75. The zero-order valence-corrected chi connectivity index (χ0v) is 18.8. The Morgan fingerprint density at radius 1 is 1.21 bits per heavy atom. The zero-order chi connectivity index (χ0) is 21.1. The normalized spacial score (nSPS) is 18.9. The van der Waals surface area contributed by atoms with Gasteiger partial charge in [0, 0.05) is 33.8 Å². The van der Waals surface area contributed by atoms with Gasteiger partial charge in [0.15, 0.2) is 17.3 Å². The van der Waals surface area contributed by atoms with E-state index in [4.69, 9.17) is 14.2 Å². The molecule has 3 rings (SSSR count). The minimum absolute atomic E-state index is 0.0544. The van der Waals surface area contributed by atoms with Crippen molar-refractivity contribution in [3.05, 3.63) is 44.7 Å². The summed E-state index contributed by atoms with van der Waals surface area (Å²) in [7, 11) is 3.13. The average Bonchev–Trinajstić information content (AvgIpc) is 2.71. The number of allylic oxidation sites excluding steroid dienone is 3. The van der Waals surface area contributed by atoms with Gasteiger partial charge in [-0.1, -0.05) is 22.9 Å². The van der Waals surface area contributed by atoms with Crippen molar-refractivity contribution in [1.29, 1.82) is 0 Å². The monoisotopic (exact) mass is 463 g/mol. The molecule has 0 saturated heterocycles. The summed E-state index contributed by atoms with van der Waals surface area (Å²) in [6.07, 6.45) is 2.77. The fraction of sp³-hybridized carbons (Fsp3) is 0.455. The quantitative estimate of drug-likeness (QED) is 0.630. The summed E-state index contributed by atoms with van der Waals surface area (Å²) >= 11 is 3.61. The largest absolute Gasteiger partial charge is 0.493 e. The van der Waals surface area contributed by atoms with E-state index < -0.39 is 11.9 Å². The van der Waals surface area contributed by atoms with Crippen LogP contribution in [0.1, 0.15) is 51.0 Å². The van der Waals surface area contributed by atoms with E-state index in [1.54, 1.807) is 20.3 Å². The smallest absolute Gasteiger partial charge is 0.336 e. The van der Waals surface area contributed by atoms with Crippen molar-refractivity contribution in [3.8, 4) is 11.5 Å². The number of carbonyl (C=O) groups is 2. The first-order chi connectivity index (χ1) is 13.9. The number of Topliss-reactive ketones (excluding diaryl/α,β-unsaturated/α-hetero) is 1. The van der Waals surface area contributed by atoms with Crippen molar-refractivity contribution in [2.24, 2.45) is 0 Å². The molecule has 1 N–H and O–H groups in total. The molecule has 6 nitrogen and oxygen atoms in total. The van der Waals surface area contributed by atoms with Crippen LogP contribution >= 0.6 is 15.9 Å². The number of hydrogen-bond acceptors (Lipinski definition) is 6. The fourth-order valence-electron chi connectivity index (χ4n) is 3.93. The second-order valence-corrected chi connectivity index (χ2v) is 7.98. The molecular formula is C22H26BrNO5. The highest BCUT2D eigenvalue weighted by molar-refractivity contribution is 9.10. The first kappa shape index (κ1) is 21.4. The summed E-state index contributed by atoms with van der Waals surface area (Å²) in [6.45, 7) is 4.13. The highest BCUT2D eigenvalue weighted by atomic mass is 79.9. The second kappa shape index (κ2) is 9.03. The van der Waals surface area contributed by atoms with Crippen molar-refractivity contribution in [2.75, 3.05) is 20.8 Å². The predicted octanol–water partition coefficient (Wildman–Crippen LogP) is 4.39. The lowest BCUT2D eigenvalue weighted by Crippen LogP contribution is -2.34. The molecular weight excluding hydrogens is 438 g/mol. The van der Waals surface area contributed by atoms with Gasteiger partial charge in [-0.15, -0.1) is 0 Å². The van der Waals surface area contributed by atoms with Crippen LogP contribution in [0, 0.1) is 0 Å². The van der Waals surface area contributed by atoms with E-state index in [0.29, 0.717) is 41.4 Å². The molecule has 0 bridgehead atoms. The van der Waals surface area contributed by atoms with E-state index in [1.807, 2.05) is 19.9 Å². The van der Waals surface area contributed by atoms with E-state index in [9.17, 15) is 9.59 Å². The van der Waals surface area contributed by atoms with Gasteiger partial charge in [-0.3, -0.25) is 4.79 Å². The van der Waals surface area contributed by atoms with Gasteiger partial charge in [0.25, 0.3) is 0 Å². The third-order valence-corrected chi connectivity index (χ3v) is 5.93. The van der Waals surface area contributed by atoms with Gasteiger partial charge in [0.05, 0.1) is 26.4 Å². The van der Waals surface area contributed by atoms with E-state index in [-0.39, 0.29) is 5.78 Å². The SMILES string of the molecule is CCCOC(=O)C1=C(C)NC2=C(C(=O)CCC2)C1c1cc(OC)c(OC)cc1Br. The maximum Gasteiger partial charge on any atom is 0.336 e. The lowest BCUT2D eigenvalue weighted by molar-refractivity contribution is -0.139. The van der Waals surface area contributed by atoms with Crippen LogP contribution in [0.15, 0.2) is 39.1 Å². The van der Waals surface area contributed by atoms with Crippen LogP contribution in [-0.4, -0.2) is 32.6 Å².